The van der Waals surface area contributed by atoms with E-state index < -0.39 is 10.0 Å². The largest absolute Gasteiger partial charge is 0.325 e. The minimum Gasteiger partial charge on any atom is -0.325 e. The van der Waals surface area contributed by atoms with Crippen LogP contribution in [0.4, 0.5) is 0 Å². The Morgan fingerprint density at radius 1 is 1.45 bits per heavy atom. The van der Waals surface area contributed by atoms with E-state index >= 15 is 0 Å². The van der Waals surface area contributed by atoms with Gasteiger partial charge in [0.05, 0.1) is 18.4 Å². The Kier molecular flexibility index (Phi) is 4.48. The van der Waals surface area contributed by atoms with Gasteiger partial charge in [-0.3, -0.25) is 9.67 Å². The van der Waals surface area contributed by atoms with Crippen LogP contribution in [0.3, 0.4) is 0 Å². The Balaban J connectivity index is 2.04. The van der Waals surface area contributed by atoms with E-state index in [1.54, 1.807) is 16.9 Å². The fourth-order valence-electron chi connectivity index (χ4n) is 1.78. The van der Waals surface area contributed by atoms with Gasteiger partial charge >= 0.3 is 0 Å². The maximum absolute atomic E-state index is 12.2. The van der Waals surface area contributed by atoms with Crippen LogP contribution in [0.5, 0.6) is 0 Å². The SMILES string of the molecule is Cc1cnn(CCNS(=O)(=O)c2cccnc2CN)c1. The molecule has 108 valence electrons. The second-order valence-electron chi connectivity index (χ2n) is 4.33. The Morgan fingerprint density at radius 3 is 2.90 bits per heavy atom. The van der Waals surface area contributed by atoms with Gasteiger partial charge in [-0.15, -0.1) is 0 Å². The van der Waals surface area contributed by atoms with E-state index in [9.17, 15) is 8.42 Å². The zero-order valence-corrected chi connectivity index (χ0v) is 12.0. The minimum atomic E-state index is -3.60. The number of pyridine rings is 1. The van der Waals surface area contributed by atoms with Crippen molar-refractivity contribution in [3.05, 3.63) is 42.0 Å². The van der Waals surface area contributed by atoms with Crippen LogP contribution in [0, 0.1) is 6.92 Å². The summed E-state index contributed by atoms with van der Waals surface area (Å²) in [6.45, 7) is 2.72. The normalized spacial score (nSPS) is 11.7. The van der Waals surface area contributed by atoms with Gasteiger partial charge in [0.1, 0.15) is 4.90 Å². The third-order valence-electron chi connectivity index (χ3n) is 2.73. The summed E-state index contributed by atoms with van der Waals surface area (Å²) in [5, 5.41) is 4.09. The summed E-state index contributed by atoms with van der Waals surface area (Å²) >= 11 is 0. The van der Waals surface area contributed by atoms with Crippen LogP contribution in [0.2, 0.25) is 0 Å². The molecule has 2 aromatic rings. The maximum Gasteiger partial charge on any atom is 0.242 e. The highest BCUT2D eigenvalue weighted by atomic mass is 32.2. The molecule has 0 atom stereocenters. The first-order chi connectivity index (χ1) is 9.53. The zero-order chi connectivity index (χ0) is 14.6. The number of aromatic nitrogens is 3. The molecule has 0 aliphatic carbocycles. The molecule has 0 amide bonds. The molecule has 0 spiro atoms. The van der Waals surface area contributed by atoms with Gasteiger partial charge in [0.15, 0.2) is 0 Å². The summed E-state index contributed by atoms with van der Waals surface area (Å²) in [5.41, 5.74) is 6.89. The van der Waals surface area contributed by atoms with E-state index in [1.807, 2.05) is 13.1 Å². The number of sulfonamides is 1. The Labute approximate surface area is 117 Å². The average Bonchev–Trinajstić information content (AvgIpc) is 2.84. The van der Waals surface area contributed by atoms with Gasteiger partial charge in [-0.2, -0.15) is 5.10 Å². The molecule has 0 saturated heterocycles. The summed E-state index contributed by atoms with van der Waals surface area (Å²) in [6, 6.07) is 3.07. The van der Waals surface area contributed by atoms with Gasteiger partial charge < -0.3 is 5.73 Å². The fraction of sp³-hybridized carbons (Fsp3) is 0.333. The molecular formula is C12H17N5O2S. The van der Waals surface area contributed by atoms with E-state index in [2.05, 4.69) is 14.8 Å². The number of nitrogens with one attached hydrogen (secondary N) is 1. The molecule has 3 N–H and O–H groups in total. The third-order valence-corrected chi connectivity index (χ3v) is 4.26. The van der Waals surface area contributed by atoms with Gasteiger partial charge in [-0.25, -0.2) is 13.1 Å². The van der Waals surface area contributed by atoms with Crippen LogP contribution >= 0.6 is 0 Å². The van der Waals surface area contributed by atoms with Crippen molar-refractivity contribution in [1.82, 2.24) is 19.5 Å². The van der Waals surface area contributed by atoms with Crippen LogP contribution < -0.4 is 10.5 Å². The van der Waals surface area contributed by atoms with Gasteiger partial charge in [0.2, 0.25) is 10.0 Å². The Bertz CT molecular complexity index is 681. The molecule has 0 aliphatic rings. The highest BCUT2D eigenvalue weighted by molar-refractivity contribution is 7.89. The maximum atomic E-state index is 12.2. The summed E-state index contributed by atoms with van der Waals surface area (Å²) in [4.78, 5) is 4.10. The molecule has 0 unspecified atom stereocenters. The number of rotatable bonds is 6. The summed E-state index contributed by atoms with van der Waals surface area (Å²) in [7, 11) is -3.60. The molecular weight excluding hydrogens is 278 g/mol. The predicted octanol–water partition coefficient (Wildman–Crippen LogP) is 0.0237. The molecule has 20 heavy (non-hydrogen) atoms. The second kappa shape index (κ2) is 6.12. The van der Waals surface area contributed by atoms with Crippen LogP contribution in [-0.2, 0) is 23.1 Å². The standard InChI is InChI=1S/C12H17N5O2S/c1-10-8-15-17(9-10)6-5-16-20(18,19)12-3-2-4-14-11(12)7-13/h2-4,8-9,16H,5-7,13H2,1H3. The number of aryl methyl sites for hydroxylation is 1. The quantitative estimate of drug-likeness (QED) is 0.782. The Hall–Kier alpha value is -1.77. The van der Waals surface area contributed by atoms with E-state index in [1.165, 1.54) is 12.3 Å². The van der Waals surface area contributed by atoms with Crippen molar-refractivity contribution in [2.45, 2.75) is 24.9 Å². The second-order valence-corrected chi connectivity index (χ2v) is 6.07. The molecule has 0 radical (unpaired) electrons. The molecule has 7 nitrogen and oxygen atoms in total. The van der Waals surface area contributed by atoms with Gasteiger partial charge in [0, 0.05) is 25.5 Å². The van der Waals surface area contributed by atoms with Crippen LogP contribution in [0.25, 0.3) is 0 Å². The summed E-state index contributed by atoms with van der Waals surface area (Å²) < 4.78 is 28.6. The van der Waals surface area contributed by atoms with E-state index in [0.717, 1.165) is 5.56 Å². The van der Waals surface area contributed by atoms with Crippen molar-refractivity contribution < 1.29 is 8.42 Å². The van der Waals surface area contributed by atoms with E-state index in [4.69, 9.17) is 5.73 Å². The third kappa shape index (κ3) is 3.41. The first kappa shape index (κ1) is 14.6. The van der Waals surface area contributed by atoms with Crippen molar-refractivity contribution in [3.63, 3.8) is 0 Å². The lowest BCUT2D eigenvalue weighted by Gasteiger charge is -2.09. The molecule has 0 saturated carbocycles. The molecule has 2 heterocycles. The smallest absolute Gasteiger partial charge is 0.242 e. The lowest BCUT2D eigenvalue weighted by Crippen LogP contribution is -2.29. The van der Waals surface area contributed by atoms with Crippen LogP contribution in [-0.4, -0.2) is 29.7 Å². The zero-order valence-electron chi connectivity index (χ0n) is 11.2. The highest BCUT2D eigenvalue weighted by Gasteiger charge is 2.17. The molecule has 0 aliphatic heterocycles. The highest BCUT2D eigenvalue weighted by Crippen LogP contribution is 2.11. The van der Waals surface area contributed by atoms with Crippen molar-refractivity contribution in [2.75, 3.05) is 6.54 Å². The molecule has 2 rings (SSSR count). The van der Waals surface area contributed by atoms with Gasteiger partial charge in [0.25, 0.3) is 0 Å². The van der Waals surface area contributed by atoms with E-state index in [-0.39, 0.29) is 18.0 Å². The van der Waals surface area contributed by atoms with Crippen molar-refractivity contribution in [3.8, 4) is 0 Å². The van der Waals surface area contributed by atoms with Crippen molar-refractivity contribution in [1.29, 1.82) is 0 Å². The lowest BCUT2D eigenvalue weighted by molar-refractivity contribution is 0.559. The average molecular weight is 295 g/mol. The fourth-order valence-corrected chi connectivity index (χ4v) is 3.00. The molecule has 0 bridgehead atoms. The number of hydrogen-bond acceptors (Lipinski definition) is 5. The van der Waals surface area contributed by atoms with Gasteiger partial charge in [-0.05, 0) is 24.6 Å². The summed E-state index contributed by atoms with van der Waals surface area (Å²) in [5.74, 6) is 0. The van der Waals surface area contributed by atoms with Gasteiger partial charge in [-0.1, -0.05) is 0 Å². The lowest BCUT2D eigenvalue weighted by atomic mass is 10.3. The monoisotopic (exact) mass is 295 g/mol. The van der Waals surface area contributed by atoms with Crippen LogP contribution in [0.1, 0.15) is 11.3 Å². The van der Waals surface area contributed by atoms with Crippen LogP contribution in [0.15, 0.2) is 35.6 Å². The first-order valence-corrected chi connectivity index (χ1v) is 7.64. The van der Waals surface area contributed by atoms with E-state index in [0.29, 0.717) is 12.2 Å². The first-order valence-electron chi connectivity index (χ1n) is 6.15. The molecule has 2 aromatic heterocycles. The molecule has 0 fully saturated rings. The minimum absolute atomic E-state index is 0.0788. The van der Waals surface area contributed by atoms with Crippen molar-refractivity contribution in [2.24, 2.45) is 5.73 Å². The number of hydrogen-bond donors (Lipinski definition) is 2. The molecule has 0 aromatic carbocycles. The molecule has 8 heteroatoms. The number of nitrogens with two attached hydrogens (primary N) is 1. The topological polar surface area (TPSA) is 103 Å². The summed E-state index contributed by atoms with van der Waals surface area (Å²) in [6.07, 6.45) is 5.10. The number of nitrogens with zero attached hydrogens (tertiary/aromatic N) is 3. The van der Waals surface area contributed by atoms with Crippen molar-refractivity contribution >= 4 is 10.0 Å². The Morgan fingerprint density at radius 2 is 2.25 bits per heavy atom. The predicted molar refractivity (Wildman–Crippen MR) is 74.3 cm³/mol.